The lowest BCUT2D eigenvalue weighted by Gasteiger charge is -2.34. The molecule has 6 rings (SSSR count). The first kappa shape index (κ1) is 22.2. The van der Waals surface area contributed by atoms with Crippen LogP contribution >= 0.6 is 11.3 Å². The largest absolute Gasteiger partial charge is 0.381 e. The molecule has 35 heavy (non-hydrogen) atoms. The second-order valence-electron chi connectivity index (χ2n) is 9.10. The Balaban J connectivity index is 1.26. The van der Waals surface area contributed by atoms with E-state index in [9.17, 15) is 0 Å². The molecule has 0 amide bonds. The molecule has 10 nitrogen and oxygen atoms in total. The summed E-state index contributed by atoms with van der Waals surface area (Å²) in [5.41, 5.74) is 10.7. The molecular formula is C24H29N9OS. The smallest absolute Gasteiger partial charge is 0.170 e. The number of nitrogens with zero attached hydrogens (tertiary/aromatic N) is 6. The molecule has 11 heteroatoms. The average Bonchev–Trinajstić information content (AvgIpc) is 3.28. The van der Waals surface area contributed by atoms with Crippen LogP contribution in [-0.4, -0.2) is 52.2 Å². The SMILES string of the molecule is C=C(Nc1csc(C2N=CNN2)n1)c1cc(-n2cnc(C3CC3)c2)c(N2CCC(OC)CC2)cn1. The Bertz CT molecular complexity index is 1240. The van der Waals surface area contributed by atoms with Crippen LogP contribution in [0.2, 0.25) is 0 Å². The molecular weight excluding hydrogens is 462 g/mol. The summed E-state index contributed by atoms with van der Waals surface area (Å²) in [6, 6.07) is 2.09. The van der Waals surface area contributed by atoms with Gasteiger partial charge in [-0.2, -0.15) is 0 Å². The van der Waals surface area contributed by atoms with Crippen LogP contribution < -0.4 is 21.1 Å². The van der Waals surface area contributed by atoms with Gasteiger partial charge in [0.15, 0.2) is 6.17 Å². The highest BCUT2D eigenvalue weighted by Crippen LogP contribution is 2.39. The van der Waals surface area contributed by atoms with Gasteiger partial charge in [-0.05, 0) is 31.7 Å². The Morgan fingerprint density at radius 2 is 2.06 bits per heavy atom. The van der Waals surface area contributed by atoms with Crippen LogP contribution in [0.1, 0.15) is 54.2 Å². The molecule has 3 aromatic heterocycles. The van der Waals surface area contributed by atoms with Crippen LogP contribution in [0.3, 0.4) is 0 Å². The molecule has 3 aromatic rings. The van der Waals surface area contributed by atoms with Gasteiger partial charge in [-0.15, -0.1) is 11.3 Å². The molecule has 1 saturated carbocycles. The van der Waals surface area contributed by atoms with Gasteiger partial charge in [-0.25, -0.2) is 20.4 Å². The van der Waals surface area contributed by atoms with E-state index in [-0.39, 0.29) is 6.17 Å². The van der Waals surface area contributed by atoms with Gasteiger partial charge in [-0.1, -0.05) is 6.58 Å². The summed E-state index contributed by atoms with van der Waals surface area (Å²) < 4.78 is 7.70. The third-order valence-corrected chi connectivity index (χ3v) is 7.60. The predicted octanol–water partition coefficient (Wildman–Crippen LogP) is 3.43. The van der Waals surface area contributed by atoms with Gasteiger partial charge in [0.1, 0.15) is 10.8 Å². The quantitative estimate of drug-likeness (QED) is 0.440. The first-order chi connectivity index (χ1) is 17.2. The fraction of sp³-hybridized carbons (Fsp3) is 0.417. The Morgan fingerprint density at radius 1 is 1.20 bits per heavy atom. The highest BCUT2D eigenvalue weighted by Gasteiger charge is 2.27. The van der Waals surface area contributed by atoms with Crippen LogP contribution in [0.25, 0.3) is 11.4 Å². The van der Waals surface area contributed by atoms with Crippen molar-refractivity contribution in [3.05, 3.63) is 53.1 Å². The third-order valence-electron chi connectivity index (χ3n) is 6.71. The summed E-state index contributed by atoms with van der Waals surface area (Å²) in [6.07, 6.45) is 12.3. The van der Waals surface area contributed by atoms with Crippen LogP contribution in [0.4, 0.5) is 11.5 Å². The van der Waals surface area contributed by atoms with Gasteiger partial charge in [-0.3, -0.25) is 4.98 Å². The Labute approximate surface area is 208 Å². The lowest BCUT2D eigenvalue weighted by molar-refractivity contribution is 0.0819. The van der Waals surface area contributed by atoms with E-state index in [1.165, 1.54) is 24.2 Å². The number of nitrogens with one attached hydrogen (secondary N) is 3. The molecule has 5 heterocycles. The van der Waals surface area contributed by atoms with Crippen LogP contribution in [0, 0.1) is 0 Å². The van der Waals surface area contributed by atoms with Crippen molar-refractivity contribution in [3.63, 3.8) is 0 Å². The maximum absolute atomic E-state index is 5.57. The van der Waals surface area contributed by atoms with Crippen molar-refractivity contribution < 1.29 is 4.74 Å². The topological polar surface area (TPSA) is 105 Å². The third kappa shape index (κ3) is 4.66. The highest BCUT2D eigenvalue weighted by atomic mass is 32.1. The van der Waals surface area contributed by atoms with Gasteiger partial charge in [0.25, 0.3) is 0 Å². The Kier molecular flexibility index (Phi) is 5.96. The van der Waals surface area contributed by atoms with Crippen molar-refractivity contribution in [2.24, 2.45) is 4.99 Å². The van der Waals surface area contributed by atoms with Crippen molar-refractivity contribution in [3.8, 4) is 5.69 Å². The van der Waals surface area contributed by atoms with Crippen LogP contribution in [0.15, 0.2) is 41.7 Å². The second kappa shape index (κ2) is 9.40. The number of methoxy groups -OCH3 is 1. The first-order valence-electron chi connectivity index (χ1n) is 11.9. The maximum atomic E-state index is 5.57. The van der Waals surface area contributed by atoms with E-state index >= 15 is 0 Å². The van der Waals surface area contributed by atoms with Crippen molar-refractivity contribution in [2.75, 3.05) is 30.4 Å². The number of thiazole rings is 1. The number of hydrazine groups is 1. The summed E-state index contributed by atoms with van der Waals surface area (Å²) >= 11 is 1.54. The van der Waals surface area contributed by atoms with Crippen LogP contribution in [0.5, 0.6) is 0 Å². The summed E-state index contributed by atoms with van der Waals surface area (Å²) in [6.45, 7) is 6.12. The average molecular weight is 492 g/mol. The molecule has 2 aliphatic heterocycles. The fourth-order valence-electron chi connectivity index (χ4n) is 4.53. The van der Waals surface area contributed by atoms with Crippen molar-refractivity contribution in [2.45, 2.75) is 43.9 Å². The maximum Gasteiger partial charge on any atom is 0.170 e. The number of rotatable bonds is 8. The summed E-state index contributed by atoms with van der Waals surface area (Å²) in [5.74, 6) is 1.33. The van der Waals surface area contributed by atoms with Crippen molar-refractivity contribution >= 4 is 34.9 Å². The van der Waals surface area contributed by atoms with Crippen molar-refractivity contribution in [1.82, 2.24) is 30.4 Å². The minimum absolute atomic E-state index is 0.169. The highest BCUT2D eigenvalue weighted by molar-refractivity contribution is 7.10. The molecule has 0 radical (unpaired) electrons. The molecule has 0 bridgehead atoms. The number of ether oxygens (including phenoxy) is 1. The van der Waals surface area contributed by atoms with E-state index in [0.717, 1.165) is 59.5 Å². The standard InChI is InChI=1S/C24H29N9OS/c1-15(29-22-12-35-24(30-22)23-26-13-28-31-23)18-9-20(33-11-19(27-14-33)16-3-4-16)21(10-25-18)32-7-5-17(34-2)6-8-32/h9-14,16-17,23,29,31H,1,3-8H2,2H3,(H,26,28). The lowest BCUT2D eigenvalue weighted by Crippen LogP contribution is -2.37. The van der Waals surface area contributed by atoms with Gasteiger partial charge in [0, 0.05) is 37.7 Å². The molecule has 0 aromatic carbocycles. The normalized spacial score (nSPS) is 20.3. The number of pyridine rings is 1. The van der Waals surface area contributed by atoms with Gasteiger partial charge in [0.2, 0.25) is 0 Å². The molecule has 0 spiro atoms. The van der Waals surface area contributed by atoms with E-state index in [4.69, 9.17) is 9.72 Å². The Hall–Kier alpha value is -3.28. The minimum atomic E-state index is -0.169. The van der Waals surface area contributed by atoms with E-state index in [1.54, 1.807) is 13.4 Å². The number of aliphatic imine (C=N–C) groups is 1. The van der Waals surface area contributed by atoms with Gasteiger partial charge >= 0.3 is 0 Å². The Morgan fingerprint density at radius 3 is 2.80 bits per heavy atom. The molecule has 1 saturated heterocycles. The van der Waals surface area contributed by atoms with Gasteiger partial charge < -0.3 is 24.9 Å². The molecule has 3 N–H and O–H groups in total. The monoisotopic (exact) mass is 491 g/mol. The minimum Gasteiger partial charge on any atom is -0.381 e. The summed E-state index contributed by atoms with van der Waals surface area (Å²) in [4.78, 5) is 20.8. The second-order valence-corrected chi connectivity index (χ2v) is 9.99. The zero-order valence-corrected chi connectivity index (χ0v) is 20.5. The lowest BCUT2D eigenvalue weighted by atomic mass is 10.1. The van der Waals surface area contributed by atoms with Gasteiger partial charge in [0.05, 0.1) is 53.4 Å². The predicted molar refractivity (Wildman–Crippen MR) is 138 cm³/mol. The van der Waals surface area contributed by atoms with E-state index in [0.29, 0.717) is 17.7 Å². The molecule has 1 unspecified atom stereocenters. The molecule has 182 valence electrons. The molecule has 1 atom stereocenters. The zero-order valence-electron chi connectivity index (χ0n) is 19.6. The fourth-order valence-corrected chi connectivity index (χ4v) is 5.27. The first-order valence-corrected chi connectivity index (χ1v) is 12.8. The molecule has 1 aliphatic carbocycles. The summed E-state index contributed by atoms with van der Waals surface area (Å²) in [7, 11) is 1.80. The molecule has 3 aliphatic rings. The summed E-state index contributed by atoms with van der Waals surface area (Å²) in [5, 5.41) is 6.15. The zero-order chi connectivity index (χ0) is 23.8. The number of imidazole rings is 1. The van der Waals surface area contributed by atoms with E-state index in [1.807, 2.05) is 17.9 Å². The van der Waals surface area contributed by atoms with Crippen molar-refractivity contribution in [1.29, 1.82) is 0 Å². The number of anilines is 2. The number of hydrogen-bond acceptors (Lipinski definition) is 10. The van der Waals surface area contributed by atoms with E-state index < -0.39 is 0 Å². The number of hydrogen-bond donors (Lipinski definition) is 3. The number of piperidine rings is 1. The van der Waals surface area contributed by atoms with E-state index in [2.05, 4.69) is 59.4 Å². The number of aromatic nitrogens is 4. The molecule has 2 fully saturated rings. The van der Waals surface area contributed by atoms with Crippen LogP contribution in [-0.2, 0) is 4.74 Å².